The van der Waals surface area contributed by atoms with Crippen LogP contribution in [0.3, 0.4) is 0 Å². The molecule has 6 atom stereocenters. The second-order valence-corrected chi connectivity index (χ2v) is 9.60. The molecule has 4 nitrogen and oxygen atoms in total. The minimum absolute atomic E-state index is 0.101. The van der Waals surface area contributed by atoms with Crippen LogP contribution in [0.15, 0.2) is 41.7 Å². The Bertz CT molecular complexity index is 669. The monoisotopic (exact) mass is 416 g/mol. The average molecular weight is 417 g/mol. The van der Waals surface area contributed by atoms with Gasteiger partial charge in [0.05, 0.1) is 25.4 Å². The van der Waals surface area contributed by atoms with Crippen molar-refractivity contribution in [3.8, 4) is 0 Å². The van der Waals surface area contributed by atoms with Crippen LogP contribution in [0.5, 0.6) is 0 Å². The number of aliphatic hydroxyl groups is 2. The first-order valence-corrected chi connectivity index (χ1v) is 11.5. The highest BCUT2D eigenvalue weighted by Crippen LogP contribution is 2.48. The molecule has 0 aromatic heterocycles. The van der Waals surface area contributed by atoms with Gasteiger partial charge in [-0.2, -0.15) is 0 Å². The summed E-state index contributed by atoms with van der Waals surface area (Å²) in [5.41, 5.74) is 4.20. The van der Waals surface area contributed by atoms with Crippen molar-refractivity contribution in [2.24, 2.45) is 29.6 Å². The molecule has 0 saturated heterocycles. The topological polar surface area (TPSA) is 66.8 Å². The number of hydrogen-bond donors (Lipinski definition) is 2. The molecule has 2 rings (SSSR count). The lowest BCUT2D eigenvalue weighted by Crippen LogP contribution is -2.18. The largest absolute Gasteiger partial charge is 0.465 e. The van der Waals surface area contributed by atoms with E-state index in [1.165, 1.54) is 31.6 Å². The quantitative estimate of drug-likeness (QED) is 0.216. The van der Waals surface area contributed by atoms with Gasteiger partial charge in [0.1, 0.15) is 0 Å². The Kier molecular flexibility index (Phi) is 10.1. The smallest absolute Gasteiger partial charge is 0.338 e. The highest BCUT2D eigenvalue weighted by molar-refractivity contribution is 5.81. The molecule has 0 aliphatic heterocycles. The summed E-state index contributed by atoms with van der Waals surface area (Å²) in [5.74, 6) is 1.75. The van der Waals surface area contributed by atoms with Crippen molar-refractivity contribution < 1.29 is 19.7 Å². The minimum atomic E-state index is -0.439. The number of hydrogen-bond acceptors (Lipinski definition) is 4. The van der Waals surface area contributed by atoms with E-state index in [1.54, 1.807) is 0 Å². The number of methoxy groups -OCH3 is 1. The van der Waals surface area contributed by atoms with Gasteiger partial charge in [0.2, 0.25) is 0 Å². The molecule has 0 aromatic rings. The summed E-state index contributed by atoms with van der Waals surface area (Å²) in [7, 11) is 1.35. The lowest BCUT2D eigenvalue weighted by molar-refractivity contribution is -0.134. The molecule has 2 N–H and O–H groups in total. The number of carbonyl (C=O) groups excluding carboxylic acids is 1. The van der Waals surface area contributed by atoms with Crippen molar-refractivity contribution in [1.29, 1.82) is 0 Å². The van der Waals surface area contributed by atoms with Crippen LogP contribution < -0.4 is 0 Å². The van der Waals surface area contributed by atoms with Crippen molar-refractivity contribution in [3.05, 3.63) is 41.7 Å². The number of fused-ring (bicyclic) bond motifs is 1. The average Bonchev–Trinajstić information content (AvgIpc) is 3.19. The fourth-order valence-corrected chi connectivity index (χ4v) is 4.87. The van der Waals surface area contributed by atoms with Crippen LogP contribution in [0.4, 0.5) is 0 Å². The molecule has 0 radical (unpaired) electrons. The SMILES string of the molecule is COC(=O)C=C=CCC1=C[C@H]2C[C@@H](O)[C@H](/C=C/[C@@H](O)C[C@H](C)CCCC(C)C)[C@H]2C1. The summed E-state index contributed by atoms with van der Waals surface area (Å²) in [5, 5.41) is 20.9. The standard InChI is InChI=1S/C26H40O4/c1-18(2)8-7-9-19(3)14-22(27)12-13-23-24-16-20(15-21(24)17-25(23)28)10-5-6-11-26(29)30-4/h5,11-13,15,18-19,21-25,27-28H,7-10,14,16-17H2,1-4H3/b13-12+/t6?,19-,21+,22-,23-,24+,25-/m1/s1. The van der Waals surface area contributed by atoms with Gasteiger partial charge in [-0.3, -0.25) is 0 Å². The number of allylic oxidation sites excluding steroid dienone is 2. The molecule has 0 unspecified atom stereocenters. The van der Waals surface area contributed by atoms with Gasteiger partial charge >= 0.3 is 5.97 Å². The van der Waals surface area contributed by atoms with Gasteiger partial charge < -0.3 is 14.9 Å². The molecule has 0 aromatic carbocycles. The number of esters is 1. The fourth-order valence-electron chi connectivity index (χ4n) is 4.87. The van der Waals surface area contributed by atoms with Crippen LogP contribution in [0, 0.1) is 29.6 Å². The molecule has 0 spiro atoms. The Balaban J connectivity index is 1.82. The van der Waals surface area contributed by atoms with E-state index in [0.717, 1.165) is 38.0 Å². The maximum absolute atomic E-state index is 11.1. The van der Waals surface area contributed by atoms with Crippen LogP contribution in [0.1, 0.15) is 65.7 Å². The summed E-state index contributed by atoms with van der Waals surface area (Å²) in [6, 6.07) is 0. The van der Waals surface area contributed by atoms with Crippen LogP contribution in [-0.2, 0) is 9.53 Å². The molecule has 2 aliphatic carbocycles. The van der Waals surface area contributed by atoms with E-state index in [-0.39, 0.29) is 12.0 Å². The van der Waals surface area contributed by atoms with Gasteiger partial charge in [0.15, 0.2) is 0 Å². The third-order valence-corrected chi connectivity index (χ3v) is 6.51. The van der Waals surface area contributed by atoms with E-state index in [2.05, 4.69) is 43.4 Å². The summed E-state index contributed by atoms with van der Waals surface area (Å²) < 4.78 is 4.56. The Morgan fingerprint density at radius 2 is 2.10 bits per heavy atom. The van der Waals surface area contributed by atoms with Crippen LogP contribution in [0.25, 0.3) is 0 Å². The van der Waals surface area contributed by atoms with E-state index in [9.17, 15) is 15.0 Å². The maximum atomic E-state index is 11.1. The van der Waals surface area contributed by atoms with Gasteiger partial charge in [0.25, 0.3) is 0 Å². The normalized spacial score (nSPS) is 27.5. The van der Waals surface area contributed by atoms with Gasteiger partial charge in [-0.1, -0.05) is 63.8 Å². The van der Waals surface area contributed by atoms with Crippen molar-refractivity contribution in [2.75, 3.05) is 7.11 Å². The lowest BCUT2D eigenvalue weighted by atomic mass is 9.88. The minimum Gasteiger partial charge on any atom is -0.465 e. The summed E-state index contributed by atoms with van der Waals surface area (Å²) in [4.78, 5) is 11.1. The predicted molar refractivity (Wildman–Crippen MR) is 121 cm³/mol. The zero-order valence-corrected chi connectivity index (χ0v) is 19.1. The molecule has 1 fully saturated rings. The second kappa shape index (κ2) is 12.3. The van der Waals surface area contributed by atoms with Gasteiger partial charge in [-0.15, -0.1) is 5.73 Å². The van der Waals surface area contributed by atoms with Gasteiger partial charge in [-0.05, 0) is 55.4 Å². The predicted octanol–water partition coefficient (Wildman–Crippen LogP) is 4.97. The Labute approximate surface area is 182 Å². The fraction of sp³-hybridized carbons (Fsp3) is 0.692. The van der Waals surface area contributed by atoms with Crippen molar-refractivity contribution in [2.45, 2.75) is 77.9 Å². The molecule has 1 saturated carbocycles. The summed E-state index contributed by atoms with van der Waals surface area (Å²) in [6.45, 7) is 6.72. The first-order valence-electron chi connectivity index (χ1n) is 11.5. The number of aliphatic hydroxyl groups excluding tert-OH is 2. The summed E-state index contributed by atoms with van der Waals surface area (Å²) >= 11 is 0. The molecule has 0 heterocycles. The van der Waals surface area contributed by atoms with Gasteiger partial charge in [0, 0.05) is 5.92 Å². The van der Waals surface area contributed by atoms with Crippen LogP contribution in [0.2, 0.25) is 0 Å². The Morgan fingerprint density at radius 3 is 2.80 bits per heavy atom. The first-order chi connectivity index (χ1) is 14.3. The Hall–Kier alpha value is -1.61. The highest BCUT2D eigenvalue weighted by atomic mass is 16.5. The molecular formula is C26H40O4. The van der Waals surface area contributed by atoms with E-state index >= 15 is 0 Å². The van der Waals surface area contributed by atoms with Crippen LogP contribution >= 0.6 is 0 Å². The molecule has 0 amide bonds. The first kappa shape index (κ1) is 24.7. The molecule has 2 aliphatic rings. The molecule has 168 valence electrons. The summed E-state index contributed by atoms with van der Waals surface area (Å²) in [6.07, 6.45) is 15.6. The van der Waals surface area contributed by atoms with Crippen molar-refractivity contribution in [3.63, 3.8) is 0 Å². The van der Waals surface area contributed by atoms with Crippen LogP contribution in [-0.4, -0.2) is 35.5 Å². The zero-order valence-electron chi connectivity index (χ0n) is 19.1. The molecular weight excluding hydrogens is 376 g/mol. The number of rotatable bonds is 11. The van der Waals surface area contributed by atoms with Crippen molar-refractivity contribution >= 4 is 5.97 Å². The molecule has 30 heavy (non-hydrogen) atoms. The zero-order chi connectivity index (χ0) is 22.1. The highest BCUT2D eigenvalue weighted by Gasteiger charge is 2.43. The third kappa shape index (κ3) is 7.91. The van der Waals surface area contributed by atoms with E-state index in [4.69, 9.17) is 0 Å². The Morgan fingerprint density at radius 1 is 1.33 bits per heavy atom. The van der Waals surface area contributed by atoms with E-state index in [1.807, 2.05) is 12.2 Å². The molecule has 0 bridgehead atoms. The van der Waals surface area contributed by atoms with Gasteiger partial charge in [-0.25, -0.2) is 4.79 Å². The third-order valence-electron chi connectivity index (χ3n) is 6.51. The second-order valence-electron chi connectivity index (χ2n) is 9.60. The van der Waals surface area contributed by atoms with E-state index in [0.29, 0.717) is 17.8 Å². The lowest BCUT2D eigenvalue weighted by Gasteiger charge is -2.19. The maximum Gasteiger partial charge on any atom is 0.338 e. The van der Waals surface area contributed by atoms with Crippen molar-refractivity contribution in [1.82, 2.24) is 0 Å². The van der Waals surface area contributed by atoms with E-state index < -0.39 is 12.1 Å². The molecule has 4 heteroatoms. The number of carbonyl (C=O) groups is 1. The number of ether oxygens (including phenoxy) is 1.